The first-order valence-corrected chi connectivity index (χ1v) is 10.2. The Balaban J connectivity index is 1.39. The van der Waals surface area contributed by atoms with Crippen molar-refractivity contribution in [1.82, 2.24) is 29.0 Å². The summed E-state index contributed by atoms with van der Waals surface area (Å²) in [5, 5.41) is 3.28. The summed E-state index contributed by atoms with van der Waals surface area (Å²) in [6.07, 6.45) is 5.31. The van der Waals surface area contributed by atoms with Gasteiger partial charge in [0.1, 0.15) is 10.7 Å². The fourth-order valence-electron chi connectivity index (χ4n) is 2.97. The van der Waals surface area contributed by atoms with Crippen molar-refractivity contribution < 1.29 is 8.42 Å². The molecule has 1 saturated carbocycles. The number of piperazine rings is 1. The minimum atomic E-state index is -3.47. The van der Waals surface area contributed by atoms with Gasteiger partial charge >= 0.3 is 0 Å². The van der Waals surface area contributed by atoms with Crippen LogP contribution in [0.25, 0.3) is 0 Å². The lowest BCUT2D eigenvalue weighted by Gasteiger charge is -2.33. The van der Waals surface area contributed by atoms with Gasteiger partial charge in [0.15, 0.2) is 0 Å². The Hall–Kier alpha value is -1.62. The number of sulfonamides is 1. The summed E-state index contributed by atoms with van der Waals surface area (Å²) in [6, 6.07) is 3.22. The summed E-state index contributed by atoms with van der Waals surface area (Å²) in [7, 11) is -3.47. The molecule has 2 fully saturated rings. The molecule has 1 aliphatic carbocycles. The second kappa shape index (κ2) is 6.60. The highest BCUT2D eigenvalue weighted by Gasteiger charge is 2.30. The highest BCUT2D eigenvalue weighted by Crippen LogP contribution is 2.37. The van der Waals surface area contributed by atoms with Crippen LogP contribution in [-0.4, -0.2) is 63.6 Å². The highest BCUT2D eigenvalue weighted by atomic mass is 32.2. The molecule has 10 heteroatoms. The molecule has 134 valence electrons. The zero-order valence-corrected chi connectivity index (χ0v) is 15.3. The number of pyridine rings is 1. The van der Waals surface area contributed by atoms with E-state index >= 15 is 0 Å². The van der Waals surface area contributed by atoms with Gasteiger partial charge in [-0.3, -0.25) is 15.0 Å². The van der Waals surface area contributed by atoms with Crippen LogP contribution in [0.1, 0.15) is 24.6 Å². The van der Waals surface area contributed by atoms with Crippen LogP contribution >= 0.6 is 12.2 Å². The zero-order chi connectivity index (χ0) is 17.4. The molecule has 0 spiro atoms. The lowest BCUT2D eigenvalue weighted by molar-refractivity contribution is 0.144. The molecule has 2 aliphatic rings. The highest BCUT2D eigenvalue weighted by molar-refractivity contribution is 7.89. The predicted octanol–water partition coefficient (Wildman–Crippen LogP) is 1.18. The summed E-state index contributed by atoms with van der Waals surface area (Å²) in [5.74, 6) is 1.51. The smallest absolute Gasteiger partial charge is 0.244 e. The Morgan fingerprint density at radius 2 is 2.00 bits per heavy atom. The molecule has 4 rings (SSSR count). The molecule has 0 unspecified atom stereocenters. The molecule has 1 aliphatic heterocycles. The van der Waals surface area contributed by atoms with E-state index in [-0.39, 0.29) is 4.90 Å². The molecule has 1 N–H and O–H groups in total. The van der Waals surface area contributed by atoms with E-state index in [9.17, 15) is 8.42 Å². The maximum absolute atomic E-state index is 12.6. The van der Waals surface area contributed by atoms with Crippen molar-refractivity contribution in [3.05, 3.63) is 35.1 Å². The van der Waals surface area contributed by atoms with E-state index in [0.717, 1.165) is 5.82 Å². The zero-order valence-electron chi connectivity index (χ0n) is 13.7. The van der Waals surface area contributed by atoms with Gasteiger partial charge in [0.25, 0.3) is 0 Å². The fraction of sp³-hybridized carbons (Fsp3) is 0.533. The molecule has 2 aromatic heterocycles. The fourth-order valence-corrected chi connectivity index (χ4v) is 4.56. The maximum Gasteiger partial charge on any atom is 0.244 e. The third-order valence-electron chi connectivity index (χ3n) is 4.61. The molecule has 0 amide bonds. The average molecular weight is 380 g/mol. The lowest BCUT2D eigenvalue weighted by atomic mass is 10.4. The lowest BCUT2D eigenvalue weighted by Crippen LogP contribution is -2.48. The number of hydrogen-bond acceptors (Lipinski definition) is 6. The molecular formula is C15H20N6O2S2. The Kier molecular flexibility index (Phi) is 4.44. The maximum atomic E-state index is 12.6. The third-order valence-corrected chi connectivity index (χ3v) is 6.80. The second-order valence-electron chi connectivity index (χ2n) is 6.45. The first-order valence-electron chi connectivity index (χ1n) is 8.33. The molecule has 0 radical (unpaired) electrons. The number of rotatable bonds is 5. The van der Waals surface area contributed by atoms with Crippen LogP contribution in [0.4, 0.5) is 0 Å². The summed E-state index contributed by atoms with van der Waals surface area (Å²) in [5.41, 5.74) is 0. The largest absolute Gasteiger partial charge is 0.282 e. The van der Waals surface area contributed by atoms with E-state index in [4.69, 9.17) is 12.2 Å². The first-order chi connectivity index (χ1) is 12.0. The second-order valence-corrected chi connectivity index (χ2v) is 8.75. The van der Waals surface area contributed by atoms with Gasteiger partial charge in [-0.1, -0.05) is 0 Å². The number of aromatic amines is 1. The van der Waals surface area contributed by atoms with Gasteiger partial charge in [-0.25, -0.2) is 18.1 Å². The Morgan fingerprint density at radius 1 is 1.24 bits per heavy atom. The van der Waals surface area contributed by atoms with Crippen LogP contribution < -0.4 is 0 Å². The normalized spacial score (nSPS) is 20.0. The van der Waals surface area contributed by atoms with Crippen molar-refractivity contribution in [1.29, 1.82) is 0 Å². The molecular weight excluding hydrogens is 360 g/mol. The molecule has 0 aromatic carbocycles. The molecule has 25 heavy (non-hydrogen) atoms. The molecule has 8 nitrogen and oxygen atoms in total. The van der Waals surface area contributed by atoms with E-state index < -0.39 is 10.0 Å². The van der Waals surface area contributed by atoms with E-state index in [1.807, 2.05) is 4.68 Å². The Morgan fingerprint density at radius 3 is 2.64 bits per heavy atom. The van der Waals surface area contributed by atoms with Gasteiger partial charge in [-0.2, -0.15) is 4.31 Å². The van der Waals surface area contributed by atoms with Crippen LogP contribution in [0.5, 0.6) is 0 Å². The average Bonchev–Trinajstić information content (AvgIpc) is 3.41. The number of nitrogens with zero attached hydrogens (tertiary/aromatic N) is 5. The van der Waals surface area contributed by atoms with Gasteiger partial charge in [-0.15, -0.1) is 0 Å². The number of aromatic nitrogens is 4. The van der Waals surface area contributed by atoms with E-state index in [2.05, 4.69) is 20.0 Å². The number of hydrogen-bond donors (Lipinski definition) is 1. The van der Waals surface area contributed by atoms with Gasteiger partial charge in [0, 0.05) is 44.5 Å². The SMILES string of the molecule is O=S(=O)(c1cccnc1)N1CCN(Cn2[nH]c(C3CC3)nc2=S)CC1. The van der Waals surface area contributed by atoms with Crippen molar-refractivity contribution in [3.63, 3.8) is 0 Å². The topological polar surface area (TPSA) is 87.1 Å². The van der Waals surface area contributed by atoms with Crippen LogP contribution in [0.15, 0.2) is 29.4 Å². The van der Waals surface area contributed by atoms with E-state index in [0.29, 0.717) is 43.5 Å². The molecule has 1 saturated heterocycles. The van der Waals surface area contributed by atoms with Crippen molar-refractivity contribution in [2.75, 3.05) is 26.2 Å². The first kappa shape index (κ1) is 16.8. The summed E-state index contributed by atoms with van der Waals surface area (Å²) in [6.45, 7) is 2.82. The van der Waals surface area contributed by atoms with Crippen molar-refractivity contribution in [2.45, 2.75) is 30.3 Å². The van der Waals surface area contributed by atoms with Crippen LogP contribution in [-0.2, 0) is 16.7 Å². The van der Waals surface area contributed by atoms with E-state index in [1.54, 1.807) is 18.3 Å². The van der Waals surface area contributed by atoms with Crippen LogP contribution in [0.2, 0.25) is 0 Å². The molecule has 2 aromatic rings. The predicted molar refractivity (Wildman–Crippen MR) is 94.0 cm³/mol. The summed E-state index contributed by atoms with van der Waals surface area (Å²) in [4.78, 5) is 10.7. The third kappa shape index (κ3) is 3.52. The van der Waals surface area contributed by atoms with Gasteiger partial charge in [0.2, 0.25) is 14.8 Å². The van der Waals surface area contributed by atoms with Crippen LogP contribution in [0, 0.1) is 4.77 Å². The van der Waals surface area contributed by atoms with E-state index in [1.165, 1.54) is 23.3 Å². The van der Waals surface area contributed by atoms with Crippen molar-refractivity contribution >= 4 is 22.2 Å². The standard InChI is InChI=1S/C15H20N6O2S2/c22-25(23,13-2-1-5-16-10-13)20-8-6-19(7-9-20)11-21-15(24)17-14(18-21)12-3-4-12/h1-2,5,10,12H,3-4,6-9,11H2,(H,17,18,24). The Bertz CT molecular complexity index is 896. The van der Waals surface area contributed by atoms with Crippen LogP contribution in [0.3, 0.4) is 0 Å². The molecule has 0 atom stereocenters. The van der Waals surface area contributed by atoms with Crippen molar-refractivity contribution in [3.8, 4) is 0 Å². The van der Waals surface area contributed by atoms with Gasteiger partial charge in [0.05, 0.1) is 6.67 Å². The number of H-pyrrole nitrogens is 1. The monoisotopic (exact) mass is 380 g/mol. The minimum absolute atomic E-state index is 0.244. The van der Waals surface area contributed by atoms with Crippen molar-refractivity contribution in [2.24, 2.45) is 0 Å². The number of nitrogens with one attached hydrogen (secondary N) is 1. The Labute approximate surface area is 151 Å². The summed E-state index contributed by atoms with van der Waals surface area (Å²) < 4.78 is 29.2. The quantitative estimate of drug-likeness (QED) is 0.784. The van der Waals surface area contributed by atoms with Gasteiger partial charge < -0.3 is 0 Å². The molecule has 0 bridgehead atoms. The van der Waals surface area contributed by atoms with Gasteiger partial charge in [-0.05, 0) is 37.2 Å². The molecule has 3 heterocycles. The summed E-state index contributed by atoms with van der Waals surface area (Å²) >= 11 is 5.32. The minimum Gasteiger partial charge on any atom is -0.282 e.